The first kappa shape index (κ1) is 86.6. The van der Waals surface area contributed by atoms with E-state index in [2.05, 4.69) is 31.3 Å². The number of carbonyl (C=O) groups excluding carboxylic acids is 2. The number of allylic oxidation sites excluding steroid dienone is 2. The van der Waals surface area contributed by atoms with Gasteiger partial charge < -0.3 is 20.3 Å². The lowest BCUT2D eigenvalue weighted by Gasteiger charge is -2.22. The van der Waals surface area contributed by atoms with E-state index in [4.69, 9.17) is 4.74 Å². The van der Waals surface area contributed by atoms with Crippen LogP contribution in [0, 0.1) is 0 Å². The molecule has 6 nitrogen and oxygen atoms in total. The molecule has 0 rings (SSSR count). The Hall–Kier alpha value is -1.40. The van der Waals surface area contributed by atoms with Crippen molar-refractivity contribution in [2.45, 2.75) is 488 Å². The van der Waals surface area contributed by atoms with Crippen molar-refractivity contribution in [1.29, 1.82) is 0 Å². The summed E-state index contributed by atoms with van der Waals surface area (Å²) in [7, 11) is 0. The van der Waals surface area contributed by atoms with E-state index < -0.39 is 12.1 Å². The van der Waals surface area contributed by atoms with E-state index in [1.165, 1.54) is 405 Å². The van der Waals surface area contributed by atoms with E-state index in [9.17, 15) is 19.8 Å². The molecule has 0 aliphatic carbocycles. The quantitative estimate of drug-likeness (QED) is 0.0320. The van der Waals surface area contributed by atoms with Crippen LogP contribution in [0.4, 0.5) is 0 Å². The van der Waals surface area contributed by atoms with Gasteiger partial charge in [0.2, 0.25) is 5.91 Å². The predicted octanol–water partition coefficient (Wildman–Crippen LogP) is 27.1. The fourth-order valence-electron chi connectivity index (χ4n) is 13.3. The van der Waals surface area contributed by atoms with E-state index in [0.717, 1.165) is 38.5 Å². The second-order valence-electron chi connectivity index (χ2n) is 28.5. The molecule has 0 heterocycles. The number of rotatable bonds is 78. The number of nitrogens with one attached hydrogen (secondary N) is 1. The highest BCUT2D eigenvalue weighted by molar-refractivity contribution is 5.76. The van der Waals surface area contributed by atoms with Crippen molar-refractivity contribution in [2.24, 2.45) is 0 Å². The topological polar surface area (TPSA) is 95.9 Å². The molecule has 2 unspecified atom stereocenters. The fourth-order valence-corrected chi connectivity index (χ4v) is 13.3. The molecule has 3 N–H and O–H groups in total. The maximum Gasteiger partial charge on any atom is 0.305 e. The van der Waals surface area contributed by atoms with Crippen molar-refractivity contribution < 1.29 is 24.5 Å². The van der Waals surface area contributed by atoms with Gasteiger partial charge in [0.1, 0.15) is 0 Å². The maximum atomic E-state index is 12.5. The van der Waals surface area contributed by atoms with Crippen LogP contribution < -0.4 is 5.32 Å². The second kappa shape index (κ2) is 78.0. The van der Waals surface area contributed by atoms with E-state index >= 15 is 0 Å². The number of ether oxygens (including phenoxy) is 1. The van der Waals surface area contributed by atoms with E-state index in [-0.39, 0.29) is 18.5 Å². The summed E-state index contributed by atoms with van der Waals surface area (Å²) in [6.07, 6.45) is 99.0. The third-order valence-corrected chi connectivity index (χ3v) is 19.6. The van der Waals surface area contributed by atoms with Gasteiger partial charge in [-0.05, 0) is 51.4 Å². The second-order valence-corrected chi connectivity index (χ2v) is 28.5. The van der Waals surface area contributed by atoms with Gasteiger partial charge in [0.05, 0.1) is 25.4 Å². The van der Waals surface area contributed by atoms with Crippen LogP contribution in [0.1, 0.15) is 476 Å². The first-order valence-electron chi connectivity index (χ1n) is 40.9. The lowest BCUT2D eigenvalue weighted by Crippen LogP contribution is -2.45. The first-order chi connectivity index (χ1) is 43.5. The van der Waals surface area contributed by atoms with Crippen LogP contribution in [0.3, 0.4) is 0 Å². The Bertz CT molecular complexity index is 1340. The number of aliphatic hydroxyl groups is 2. The van der Waals surface area contributed by atoms with Gasteiger partial charge in [0.25, 0.3) is 0 Å². The van der Waals surface area contributed by atoms with Crippen LogP contribution in [0.15, 0.2) is 12.2 Å². The zero-order chi connectivity index (χ0) is 63.5. The Morgan fingerprint density at radius 2 is 0.534 bits per heavy atom. The zero-order valence-electron chi connectivity index (χ0n) is 60.3. The minimum Gasteiger partial charge on any atom is -0.466 e. The first-order valence-corrected chi connectivity index (χ1v) is 40.9. The van der Waals surface area contributed by atoms with Crippen LogP contribution in [0.25, 0.3) is 0 Å². The molecular formula is C82H161NO5. The van der Waals surface area contributed by atoms with Crippen molar-refractivity contribution in [3.05, 3.63) is 12.2 Å². The highest BCUT2D eigenvalue weighted by Gasteiger charge is 2.20. The number of amides is 1. The number of carbonyl (C=O) groups is 2. The molecule has 2 atom stereocenters. The molecule has 0 spiro atoms. The Balaban J connectivity index is 3.30. The summed E-state index contributed by atoms with van der Waals surface area (Å²) in [6.45, 7) is 5.01. The lowest BCUT2D eigenvalue weighted by atomic mass is 10.0. The van der Waals surface area contributed by atoms with Crippen LogP contribution in [0.5, 0.6) is 0 Å². The highest BCUT2D eigenvalue weighted by atomic mass is 16.5. The van der Waals surface area contributed by atoms with Gasteiger partial charge in [-0.3, -0.25) is 9.59 Å². The Labute approximate surface area is 552 Å². The normalized spacial score (nSPS) is 12.5. The fraction of sp³-hybridized carbons (Fsp3) is 0.951. The SMILES string of the molecule is CCCCCCCCCCCCCCCCCCCCC(=O)OCCCCCCCCCCCCCCCCCC/C=C\CCCCCCCCCCCCCCCCCCCC(=O)NC(CO)C(O)CCCCCCCCCCCCCCCCCC. The third-order valence-electron chi connectivity index (χ3n) is 19.6. The summed E-state index contributed by atoms with van der Waals surface area (Å²) < 4.78 is 5.52. The molecule has 0 aliphatic rings. The standard InChI is InChI=1S/C82H161NO5/c1-3-5-7-9-11-13-15-17-19-21-44-48-52-56-60-64-68-72-76-82(87)88-77-73-69-65-61-57-53-49-45-42-40-38-36-34-32-30-28-26-24-22-23-25-27-29-31-33-35-37-39-41-43-47-51-55-59-63-67-71-75-81(86)83-79(78-84)80(85)74-70-66-62-58-54-50-46-20-18-16-14-12-10-8-6-4-2/h22,24,79-80,84-85H,3-21,23,25-78H2,1-2H3,(H,83,86)/b24-22-. The van der Waals surface area contributed by atoms with Gasteiger partial charge in [-0.15, -0.1) is 0 Å². The van der Waals surface area contributed by atoms with Crippen molar-refractivity contribution in [1.82, 2.24) is 5.32 Å². The van der Waals surface area contributed by atoms with Gasteiger partial charge >= 0.3 is 5.97 Å². The smallest absolute Gasteiger partial charge is 0.305 e. The molecule has 0 bridgehead atoms. The van der Waals surface area contributed by atoms with Crippen LogP contribution in [0.2, 0.25) is 0 Å². The molecule has 0 radical (unpaired) electrons. The largest absolute Gasteiger partial charge is 0.466 e. The minimum absolute atomic E-state index is 0.0266. The lowest BCUT2D eigenvalue weighted by molar-refractivity contribution is -0.143. The number of hydrogen-bond acceptors (Lipinski definition) is 5. The minimum atomic E-state index is -0.661. The molecule has 0 fully saturated rings. The van der Waals surface area contributed by atoms with E-state index in [1.54, 1.807) is 0 Å². The van der Waals surface area contributed by atoms with Crippen LogP contribution in [-0.2, 0) is 14.3 Å². The molecular weight excluding hydrogens is 1080 g/mol. The average Bonchev–Trinajstić information content (AvgIpc) is 3.59. The van der Waals surface area contributed by atoms with Crippen molar-refractivity contribution in [2.75, 3.05) is 13.2 Å². The summed E-state index contributed by atoms with van der Waals surface area (Å²) >= 11 is 0. The summed E-state index contributed by atoms with van der Waals surface area (Å²) in [5.41, 5.74) is 0. The number of aliphatic hydroxyl groups excluding tert-OH is 2. The van der Waals surface area contributed by atoms with Crippen LogP contribution >= 0.6 is 0 Å². The molecule has 0 aromatic rings. The Morgan fingerprint density at radius 1 is 0.307 bits per heavy atom. The van der Waals surface area contributed by atoms with E-state index in [0.29, 0.717) is 25.9 Å². The van der Waals surface area contributed by atoms with Gasteiger partial charge in [-0.1, -0.05) is 424 Å². The molecule has 0 aliphatic heterocycles. The Kier molecular flexibility index (Phi) is 76.8. The molecule has 1 amide bonds. The highest BCUT2D eigenvalue weighted by Crippen LogP contribution is 2.21. The number of unbranched alkanes of at least 4 members (excludes halogenated alkanes) is 65. The average molecular weight is 1240 g/mol. The molecule has 0 saturated heterocycles. The predicted molar refractivity (Wildman–Crippen MR) is 389 cm³/mol. The molecule has 524 valence electrons. The summed E-state index contributed by atoms with van der Waals surface area (Å²) in [5.74, 6) is 0.000570. The van der Waals surface area contributed by atoms with Gasteiger partial charge in [0, 0.05) is 12.8 Å². The zero-order valence-corrected chi connectivity index (χ0v) is 60.3. The van der Waals surface area contributed by atoms with E-state index in [1.807, 2.05) is 0 Å². The molecule has 0 saturated carbocycles. The van der Waals surface area contributed by atoms with Crippen molar-refractivity contribution >= 4 is 11.9 Å². The maximum absolute atomic E-state index is 12.5. The third kappa shape index (κ3) is 73.6. The molecule has 88 heavy (non-hydrogen) atoms. The van der Waals surface area contributed by atoms with Crippen molar-refractivity contribution in [3.63, 3.8) is 0 Å². The molecule has 0 aromatic carbocycles. The van der Waals surface area contributed by atoms with Crippen molar-refractivity contribution in [3.8, 4) is 0 Å². The van der Waals surface area contributed by atoms with Gasteiger partial charge in [-0.2, -0.15) is 0 Å². The number of hydrogen-bond donors (Lipinski definition) is 3. The Morgan fingerprint density at radius 3 is 0.807 bits per heavy atom. The summed E-state index contributed by atoms with van der Waals surface area (Å²) in [4.78, 5) is 24.7. The van der Waals surface area contributed by atoms with Gasteiger partial charge in [0.15, 0.2) is 0 Å². The monoisotopic (exact) mass is 1240 g/mol. The summed E-state index contributed by atoms with van der Waals surface area (Å²) in [5, 5.41) is 23.4. The van der Waals surface area contributed by atoms with Crippen LogP contribution in [-0.4, -0.2) is 47.4 Å². The summed E-state index contributed by atoms with van der Waals surface area (Å²) in [6, 6.07) is -0.538. The number of esters is 1. The van der Waals surface area contributed by atoms with Gasteiger partial charge in [-0.25, -0.2) is 0 Å². The molecule has 6 heteroatoms. The molecule has 0 aromatic heterocycles.